The Morgan fingerprint density at radius 1 is 1.10 bits per heavy atom. The lowest BCUT2D eigenvalue weighted by molar-refractivity contribution is -0.384. The third-order valence-corrected chi connectivity index (χ3v) is 2.98. The van der Waals surface area contributed by atoms with Crippen LogP contribution in [-0.4, -0.2) is 9.91 Å². The van der Waals surface area contributed by atoms with Crippen LogP contribution in [0, 0.1) is 15.9 Å². The molecule has 0 aliphatic heterocycles. The van der Waals surface area contributed by atoms with Crippen molar-refractivity contribution in [2.24, 2.45) is 0 Å². The minimum Gasteiger partial charge on any atom is -0.444 e. The second-order valence-corrected chi connectivity index (χ2v) is 4.32. The fourth-order valence-corrected chi connectivity index (χ4v) is 1.92. The highest BCUT2D eigenvalue weighted by atomic mass is 19.1. The summed E-state index contributed by atoms with van der Waals surface area (Å²) in [5, 5.41) is 10.6. The van der Waals surface area contributed by atoms with Crippen LogP contribution in [0.25, 0.3) is 22.7 Å². The summed E-state index contributed by atoms with van der Waals surface area (Å²) < 4.78 is 18.9. The zero-order valence-electron chi connectivity index (χ0n) is 10.7. The van der Waals surface area contributed by atoms with Crippen molar-refractivity contribution in [3.05, 3.63) is 70.7 Å². The van der Waals surface area contributed by atoms with E-state index < -0.39 is 10.7 Å². The van der Waals surface area contributed by atoms with Gasteiger partial charge in [0.2, 0.25) is 5.89 Å². The Hall–Kier alpha value is -3.02. The van der Waals surface area contributed by atoms with Gasteiger partial charge in [0, 0.05) is 17.7 Å². The van der Waals surface area contributed by atoms with E-state index >= 15 is 0 Å². The van der Waals surface area contributed by atoms with Crippen LogP contribution < -0.4 is 0 Å². The van der Waals surface area contributed by atoms with Gasteiger partial charge in [-0.05, 0) is 24.3 Å². The van der Waals surface area contributed by atoms with E-state index in [-0.39, 0.29) is 17.1 Å². The molecule has 3 rings (SSSR count). The molecule has 2 aromatic carbocycles. The van der Waals surface area contributed by atoms with E-state index in [1.54, 1.807) is 30.3 Å². The maximum absolute atomic E-state index is 13.7. The molecule has 1 aromatic heterocycles. The SMILES string of the molecule is O=[N+]([O-])c1ccc(-c2coc(-c3ccccc3F)n2)cc1. The van der Waals surface area contributed by atoms with E-state index in [9.17, 15) is 14.5 Å². The number of non-ortho nitro benzene ring substituents is 1. The van der Waals surface area contributed by atoms with Gasteiger partial charge in [0.05, 0.1) is 10.5 Å². The first-order chi connectivity index (χ1) is 10.1. The Balaban J connectivity index is 1.95. The molecule has 0 unspecified atom stereocenters. The second kappa shape index (κ2) is 5.16. The van der Waals surface area contributed by atoms with Crippen LogP contribution in [0.15, 0.2) is 59.2 Å². The third kappa shape index (κ3) is 2.51. The molecule has 5 nitrogen and oxygen atoms in total. The van der Waals surface area contributed by atoms with Gasteiger partial charge in [-0.3, -0.25) is 10.1 Å². The fraction of sp³-hybridized carbons (Fsp3) is 0. The van der Waals surface area contributed by atoms with Crippen LogP contribution in [0.5, 0.6) is 0 Å². The highest BCUT2D eigenvalue weighted by molar-refractivity contribution is 5.64. The van der Waals surface area contributed by atoms with Crippen molar-refractivity contribution < 1.29 is 13.7 Å². The first-order valence-corrected chi connectivity index (χ1v) is 6.10. The molecule has 0 fully saturated rings. The summed E-state index contributed by atoms with van der Waals surface area (Å²) >= 11 is 0. The van der Waals surface area contributed by atoms with Gasteiger partial charge in [-0.1, -0.05) is 12.1 Å². The Kier molecular flexibility index (Phi) is 3.19. The number of aromatic nitrogens is 1. The van der Waals surface area contributed by atoms with Crippen molar-refractivity contribution in [2.45, 2.75) is 0 Å². The molecular formula is C15H9FN2O3. The van der Waals surface area contributed by atoms with E-state index in [2.05, 4.69) is 4.98 Å². The number of nitrogens with zero attached hydrogens (tertiary/aromatic N) is 2. The molecule has 0 amide bonds. The molecule has 3 aromatic rings. The molecule has 0 spiro atoms. The average Bonchev–Trinajstić information content (AvgIpc) is 2.97. The van der Waals surface area contributed by atoms with Crippen molar-refractivity contribution >= 4 is 5.69 Å². The monoisotopic (exact) mass is 284 g/mol. The van der Waals surface area contributed by atoms with Gasteiger partial charge < -0.3 is 4.42 Å². The highest BCUT2D eigenvalue weighted by Gasteiger charge is 2.13. The number of rotatable bonds is 3. The van der Waals surface area contributed by atoms with Crippen LogP contribution >= 0.6 is 0 Å². The van der Waals surface area contributed by atoms with Gasteiger partial charge in [0.1, 0.15) is 17.8 Å². The maximum atomic E-state index is 13.7. The molecule has 104 valence electrons. The van der Waals surface area contributed by atoms with Gasteiger partial charge in [-0.15, -0.1) is 0 Å². The largest absolute Gasteiger partial charge is 0.444 e. The number of oxazole rings is 1. The smallest absolute Gasteiger partial charge is 0.269 e. The molecule has 0 saturated carbocycles. The predicted molar refractivity (Wildman–Crippen MR) is 74.0 cm³/mol. The molecule has 0 atom stereocenters. The van der Waals surface area contributed by atoms with Crippen LogP contribution in [0.4, 0.5) is 10.1 Å². The standard InChI is InChI=1S/C15H9FN2O3/c16-13-4-2-1-3-12(13)15-17-14(9-21-15)10-5-7-11(8-6-10)18(19)20/h1-9H. The maximum Gasteiger partial charge on any atom is 0.269 e. The molecule has 0 aliphatic carbocycles. The predicted octanol–water partition coefficient (Wildman–Crippen LogP) is 4.06. The van der Waals surface area contributed by atoms with E-state index in [0.29, 0.717) is 11.3 Å². The zero-order chi connectivity index (χ0) is 14.8. The summed E-state index contributed by atoms with van der Waals surface area (Å²) in [5.41, 5.74) is 1.41. The van der Waals surface area contributed by atoms with Gasteiger partial charge in [-0.25, -0.2) is 9.37 Å². The summed E-state index contributed by atoms with van der Waals surface area (Å²) in [6, 6.07) is 12.1. The topological polar surface area (TPSA) is 69.2 Å². The zero-order valence-corrected chi connectivity index (χ0v) is 10.7. The number of hydrogen-bond acceptors (Lipinski definition) is 4. The number of halogens is 1. The van der Waals surface area contributed by atoms with Crippen LogP contribution in [0.2, 0.25) is 0 Å². The van der Waals surface area contributed by atoms with E-state index in [1.807, 2.05) is 0 Å². The molecule has 21 heavy (non-hydrogen) atoms. The Labute approximate surface area is 118 Å². The van der Waals surface area contributed by atoms with E-state index in [4.69, 9.17) is 4.42 Å². The normalized spacial score (nSPS) is 10.5. The fourth-order valence-electron chi connectivity index (χ4n) is 1.92. The molecule has 0 radical (unpaired) electrons. The first kappa shape index (κ1) is 13.0. The summed E-state index contributed by atoms with van der Waals surface area (Å²) in [6.07, 6.45) is 1.39. The summed E-state index contributed by atoms with van der Waals surface area (Å²) in [7, 11) is 0. The third-order valence-electron chi connectivity index (χ3n) is 2.98. The molecule has 6 heteroatoms. The second-order valence-electron chi connectivity index (χ2n) is 4.32. The van der Waals surface area contributed by atoms with Gasteiger partial charge in [-0.2, -0.15) is 0 Å². The number of benzene rings is 2. The van der Waals surface area contributed by atoms with Crippen molar-refractivity contribution in [3.8, 4) is 22.7 Å². The molecule has 0 bridgehead atoms. The van der Waals surface area contributed by atoms with E-state index in [0.717, 1.165) is 0 Å². The highest BCUT2D eigenvalue weighted by Crippen LogP contribution is 2.27. The van der Waals surface area contributed by atoms with Crippen LogP contribution in [0.3, 0.4) is 0 Å². The van der Waals surface area contributed by atoms with Crippen LogP contribution in [0.1, 0.15) is 0 Å². The van der Waals surface area contributed by atoms with E-state index in [1.165, 1.54) is 24.5 Å². The lowest BCUT2D eigenvalue weighted by Crippen LogP contribution is -1.87. The van der Waals surface area contributed by atoms with Gasteiger partial charge in [0.15, 0.2) is 0 Å². The summed E-state index contributed by atoms with van der Waals surface area (Å²) in [5.74, 6) is -0.254. The Morgan fingerprint density at radius 3 is 2.48 bits per heavy atom. The van der Waals surface area contributed by atoms with Crippen molar-refractivity contribution in [2.75, 3.05) is 0 Å². The van der Waals surface area contributed by atoms with Gasteiger partial charge in [0.25, 0.3) is 5.69 Å². The average molecular weight is 284 g/mol. The quantitative estimate of drug-likeness (QED) is 0.537. The molecule has 1 heterocycles. The first-order valence-electron chi connectivity index (χ1n) is 6.10. The van der Waals surface area contributed by atoms with Gasteiger partial charge >= 0.3 is 0 Å². The minimum absolute atomic E-state index is 0.00317. The van der Waals surface area contributed by atoms with Crippen molar-refractivity contribution in [1.82, 2.24) is 4.98 Å². The molecule has 0 N–H and O–H groups in total. The summed E-state index contributed by atoms with van der Waals surface area (Å²) in [6.45, 7) is 0. The lowest BCUT2D eigenvalue weighted by atomic mass is 10.1. The molecule has 0 saturated heterocycles. The lowest BCUT2D eigenvalue weighted by Gasteiger charge is -1.97. The number of nitro benzene ring substituents is 1. The number of nitro groups is 1. The summed E-state index contributed by atoms with van der Waals surface area (Å²) in [4.78, 5) is 14.3. The Bertz CT molecular complexity index is 797. The number of hydrogen-bond donors (Lipinski definition) is 0. The molecule has 0 aliphatic rings. The minimum atomic E-state index is -0.475. The van der Waals surface area contributed by atoms with Crippen LogP contribution in [-0.2, 0) is 0 Å². The van der Waals surface area contributed by atoms with Crippen molar-refractivity contribution in [1.29, 1.82) is 0 Å². The molecular weight excluding hydrogens is 275 g/mol. The Morgan fingerprint density at radius 2 is 1.81 bits per heavy atom. The van der Waals surface area contributed by atoms with Crippen molar-refractivity contribution in [3.63, 3.8) is 0 Å².